The fourth-order valence-corrected chi connectivity index (χ4v) is 2.56. The molecule has 0 radical (unpaired) electrons. The molecule has 6 nitrogen and oxygen atoms in total. The third kappa shape index (κ3) is 4.22. The lowest BCUT2D eigenvalue weighted by Gasteiger charge is -2.12. The summed E-state index contributed by atoms with van der Waals surface area (Å²) in [5.74, 6) is -0.294. The molecule has 116 valence electrons. The summed E-state index contributed by atoms with van der Waals surface area (Å²) in [5.41, 5.74) is 0.366. The number of H-pyrrole nitrogens is 1. The number of hydrogen-bond acceptors (Lipinski definition) is 5. The van der Waals surface area contributed by atoms with Crippen LogP contribution in [-0.2, 0) is 4.79 Å². The van der Waals surface area contributed by atoms with Crippen molar-refractivity contribution >= 4 is 46.6 Å². The third-order valence-electron chi connectivity index (χ3n) is 2.68. The standard InChI is InChI=1S/C13H12Cl2N4O2S/c1-6-11(20)17-13(19-18-6)22-7(2)12(21)16-10-5-8(14)3-4-9(10)15/h3-5,7H,1-2H3,(H,16,21)(H,17,19,20)/t7-/m1/s1. The zero-order valence-electron chi connectivity index (χ0n) is 11.7. The van der Waals surface area contributed by atoms with Crippen molar-refractivity contribution < 1.29 is 4.79 Å². The van der Waals surface area contributed by atoms with Crippen LogP contribution in [0.4, 0.5) is 5.69 Å². The van der Waals surface area contributed by atoms with Crippen molar-refractivity contribution in [3.8, 4) is 0 Å². The SMILES string of the molecule is Cc1nnc(S[C@H](C)C(=O)Nc2cc(Cl)ccc2Cl)[nH]c1=O. The van der Waals surface area contributed by atoms with Crippen LogP contribution in [0.25, 0.3) is 0 Å². The molecule has 0 aliphatic carbocycles. The Hall–Kier alpha value is -1.57. The van der Waals surface area contributed by atoms with Gasteiger partial charge in [-0.25, -0.2) is 0 Å². The number of halogens is 2. The van der Waals surface area contributed by atoms with Crippen molar-refractivity contribution in [2.24, 2.45) is 0 Å². The highest BCUT2D eigenvalue weighted by Crippen LogP contribution is 2.27. The van der Waals surface area contributed by atoms with E-state index in [4.69, 9.17) is 23.2 Å². The maximum Gasteiger partial charge on any atom is 0.273 e. The lowest BCUT2D eigenvalue weighted by molar-refractivity contribution is -0.115. The molecule has 1 heterocycles. The Bertz CT molecular complexity index is 766. The number of hydrogen-bond donors (Lipinski definition) is 2. The second-order valence-corrected chi connectivity index (χ2v) is 6.59. The minimum absolute atomic E-state index is 0.271. The summed E-state index contributed by atoms with van der Waals surface area (Å²) >= 11 is 12.9. The van der Waals surface area contributed by atoms with Crippen molar-refractivity contribution in [3.63, 3.8) is 0 Å². The molecule has 0 fully saturated rings. The molecule has 1 atom stereocenters. The smallest absolute Gasteiger partial charge is 0.273 e. The number of nitrogens with zero attached hydrogens (tertiary/aromatic N) is 2. The molecule has 0 unspecified atom stereocenters. The van der Waals surface area contributed by atoms with Gasteiger partial charge in [0.1, 0.15) is 5.69 Å². The molecule has 0 bridgehead atoms. The first kappa shape index (κ1) is 16.8. The van der Waals surface area contributed by atoms with Gasteiger partial charge in [-0.1, -0.05) is 35.0 Å². The number of anilines is 1. The van der Waals surface area contributed by atoms with E-state index in [0.29, 0.717) is 15.7 Å². The number of benzene rings is 1. The molecule has 0 aliphatic rings. The van der Waals surface area contributed by atoms with Gasteiger partial charge in [-0.05, 0) is 32.0 Å². The summed E-state index contributed by atoms with van der Waals surface area (Å²) < 4.78 is 0. The Labute approximate surface area is 140 Å². The first-order valence-corrected chi connectivity index (χ1v) is 7.86. The Morgan fingerprint density at radius 3 is 2.77 bits per heavy atom. The van der Waals surface area contributed by atoms with Gasteiger partial charge >= 0.3 is 0 Å². The van der Waals surface area contributed by atoms with E-state index in [0.717, 1.165) is 11.8 Å². The molecule has 2 N–H and O–H groups in total. The molecular formula is C13H12Cl2N4O2S. The van der Waals surface area contributed by atoms with Crippen LogP contribution in [0.5, 0.6) is 0 Å². The molecule has 1 amide bonds. The maximum atomic E-state index is 12.2. The number of thioether (sulfide) groups is 1. The fourth-order valence-electron chi connectivity index (χ4n) is 1.48. The Balaban J connectivity index is 2.07. The summed E-state index contributed by atoms with van der Waals surface area (Å²) in [6.45, 7) is 3.23. The number of aromatic amines is 1. The highest BCUT2D eigenvalue weighted by Gasteiger charge is 2.17. The van der Waals surface area contributed by atoms with E-state index in [1.54, 1.807) is 32.0 Å². The predicted molar refractivity (Wildman–Crippen MR) is 87.8 cm³/mol. The second-order valence-electron chi connectivity index (χ2n) is 4.42. The second kappa shape index (κ2) is 7.13. The average molecular weight is 359 g/mol. The van der Waals surface area contributed by atoms with Crippen molar-refractivity contribution in [1.29, 1.82) is 0 Å². The van der Waals surface area contributed by atoms with Crippen molar-refractivity contribution in [2.45, 2.75) is 24.3 Å². The van der Waals surface area contributed by atoms with Gasteiger partial charge in [0.05, 0.1) is 16.0 Å². The summed E-state index contributed by atoms with van der Waals surface area (Å²) in [6, 6.07) is 4.79. The van der Waals surface area contributed by atoms with Crippen molar-refractivity contribution in [1.82, 2.24) is 15.2 Å². The Kier molecular flexibility index (Phi) is 5.44. The van der Waals surface area contributed by atoms with Crippen molar-refractivity contribution in [2.75, 3.05) is 5.32 Å². The topological polar surface area (TPSA) is 87.7 Å². The van der Waals surface area contributed by atoms with Gasteiger partial charge in [0, 0.05) is 5.02 Å². The normalized spacial score (nSPS) is 12.0. The number of carbonyl (C=O) groups excluding carboxylic acids is 1. The van der Waals surface area contributed by atoms with Gasteiger partial charge in [0.25, 0.3) is 5.56 Å². The molecule has 1 aromatic carbocycles. The monoisotopic (exact) mass is 358 g/mol. The summed E-state index contributed by atoms with van der Waals surface area (Å²) in [5, 5.41) is 10.8. The van der Waals surface area contributed by atoms with Gasteiger partial charge in [-0.2, -0.15) is 0 Å². The number of carbonyl (C=O) groups is 1. The zero-order valence-corrected chi connectivity index (χ0v) is 14.0. The fraction of sp³-hybridized carbons (Fsp3) is 0.231. The van der Waals surface area contributed by atoms with Gasteiger partial charge in [0.15, 0.2) is 5.16 Å². The van der Waals surface area contributed by atoms with E-state index in [9.17, 15) is 9.59 Å². The number of amides is 1. The van der Waals surface area contributed by atoms with Crippen LogP contribution in [0, 0.1) is 6.92 Å². The first-order chi connectivity index (χ1) is 10.4. The highest BCUT2D eigenvalue weighted by molar-refractivity contribution is 8.00. The first-order valence-electron chi connectivity index (χ1n) is 6.23. The lowest BCUT2D eigenvalue weighted by atomic mass is 10.3. The molecule has 0 saturated heterocycles. The summed E-state index contributed by atoms with van der Waals surface area (Å²) in [4.78, 5) is 26.2. The van der Waals surface area contributed by atoms with Crippen LogP contribution in [0.15, 0.2) is 28.2 Å². The van der Waals surface area contributed by atoms with Gasteiger partial charge in [-0.3, -0.25) is 14.6 Å². The molecule has 0 saturated carbocycles. The van der Waals surface area contributed by atoms with Gasteiger partial charge in [-0.15, -0.1) is 10.2 Å². The molecule has 9 heteroatoms. The van der Waals surface area contributed by atoms with Crippen molar-refractivity contribution in [3.05, 3.63) is 44.3 Å². The Morgan fingerprint density at radius 2 is 2.09 bits per heavy atom. The van der Waals surface area contributed by atoms with Crippen LogP contribution in [0.2, 0.25) is 10.0 Å². The van der Waals surface area contributed by atoms with Crippen LogP contribution in [0.3, 0.4) is 0 Å². The van der Waals surface area contributed by atoms with E-state index < -0.39 is 5.25 Å². The van der Waals surface area contributed by atoms with Crippen LogP contribution >= 0.6 is 35.0 Å². The zero-order chi connectivity index (χ0) is 16.3. The van der Waals surface area contributed by atoms with E-state index in [1.165, 1.54) is 0 Å². The quantitative estimate of drug-likeness (QED) is 0.820. The maximum absolute atomic E-state index is 12.2. The summed E-state index contributed by atoms with van der Waals surface area (Å²) in [7, 11) is 0. The number of aromatic nitrogens is 3. The minimum atomic E-state index is -0.511. The lowest BCUT2D eigenvalue weighted by Crippen LogP contribution is -2.24. The van der Waals surface area contributed by atoms with Crippen LogP contribution in [0.1, 0.15) is 12.6 Å². The molecule has 22 heavy (non-hydrogen) atoms. The summed E-state index contributed by atoms with van der Waals surface area (Å²) in [6.07, 6.45) is 0. The average Bonchev–Trinajstić information content (AvgIpc) is 2.46. The van der Waals surface area contributed by atoms with E-state index in [-0.39, 0.29) is 22.3 Å². The van der Waals surface area contributed by atoms with Crippen LogP contribution < -0.4 is 10.9 Å². The number of rotatable bonds is 4. The van der Waals surface area contributed by atoms with Gasteiger partial charge < -0.3 is 5.32 Å². The largest absolute Gasteiger partial charge is 0.324 e. The predicted octanol–water partition coefficient (Wildman–Crippen LogP) is 2.90. The third-order valence-corrected chi connectivity index (χ3v) is 4.22. The van der Waals surface area contributed by atoms with Crippen LogP contribution in [-0.4, -0.2) is 26.3 Å². The Morgan fingerprint density at radius 1 is 1.36 bits per heavy atom. The highest BCUT2D eigenvalue weighted by atomic mass is 35.5. The van der Waals surface area contributed by atoms with E-state index >= 15 is 0 Å². The molecule has 2 aromatic rings. The molecule has 1 aromatic heterocycles. The number of aryl methyl sites for hydroxylation is 1. The van der Waals surface area contributed by atoms with E-state index in [1.807, 2.05) is 0 Å². The molecule has 2 rings (SSSR count). The molecule has 0 spiro atoms. The van der Waals surface area contributed by atoms with E-state index in [2.05, 4.69) is 20.5 Å². The number of nitrogens with one attached hydrogen (secondary N) is 2. The minimum Gasteiger partial charge on any atom is -0.324 e. The van der Waals surface area contributed by atoms with Gasteiger partial charge in [0.2, 0.25) is 5.91 Å². The molecule has 0 aliphatic heterocycles. The molecular weight excluding hydrogens is 347 g/mol.